The molecule has 100 valence electrons. The largest absolute Gasteiger partial charge is 0.375 e. The van der Waals surface area contributed by atoms with Gasteiger partial charge < -0.3 is 5.32 Å². The van der Waals surface area contributed by atoms with E-state index < -0.39 is 4.92 Å². The smallest absolute Gasteiger partial charge is 0.310 e. The molecule has 1 N–H and O–H groups in total. The molecule has 0 atom stereocenters. The zero-order valence-corrected chi connectivity index (χ0v) is 11.0. The van der Waals surface area contributed by atoms with E-state index in [0.29, 0.717) is 12.2 Å². The van der Waals surface area contributed by atoms with Gasteiger partial charge in [0, 0.05) is 31.0 Å². The van der Waals surface area contributed by atoms with Crippen LogP contribution in [0.4, 0.5) is 11.4 Å². The molecule has 0 saturated carbocycles. The Morgan fingerprint density at radius 1 is 1.47 bits per heavy atom. The van der Waals surface area contributed by atoms with E-state index in [1.807, 2.05) is 20.9 Å². The van der Waals surface area contributed by atoms with Crippen LogP contribution in [0.25, 0.3) is 0 Å². The lowest BCUT2D eigenvalue weighted by molar-refractivity contribution is -0.384. The fraction of sp³-hybridized carbons (Fsp3) is 0.333. The molecule has 0 unspecified atom stereocenters. The number of hydrogen-bond acceptors (Lipinski definition) is 5. The minimum Gasteiger partial charge on any atom is -0.375 e. The third-order valence-electron chi connectivity index (χ3n) is 3.11. The van der Waals surface area contributed by atoms with Crippen molar-refractivity contribution in [3.63, 3.8) is 0 Å². The van der Waals surface area contributed by atoms with Crippen molar-refractivity contribution in [1.82, 2.24) is 14.8 Å². The van der Waals surface area contributed by atoms with Crippen molar-refractivity contribution in [2.24, 2.45) is 7.05 Å². The molecule has 0 aliphatic rings. The summed E-state index contributed by atoms with van der Waals surface area (Å²) in [6, 6.07) is 1.60. The zero-order valence-electron chi connectivity index (χ0n) is 11.0. The molecule has 7 heteroatoms. The maximum absolute atomic E-state index is 10.9. The summed E-state index contributed by atoms with van der Waals surface area (Å²) < 4.78 is 1.80. The average Bonchev–Trinajstić information content (AvgIpc) is 2.61. The number of rotatable bonds is 4. The first kappa shape index (κ1) is 13.0. The van der Waals surface area contributed by atoms with Gasteiger partial charge in [0.1, 0.15) is 11.9 Å². The molecular weight excluding hydrogens is 246 g/mol. The van der Waals surface area contributed by atoms with Gasteiger partial charge in [-0.25, -0.2) is 0 Å². The molecule has 0 aliphatic heterocycles. The molecular formula is C12H15N5O2. The quantitative estimate of drug-likeness (QED) is 0.671. The minimum absolute atomic E-state index is 0.0262. The fourth-order valence-electron chi connectivity index (χ4n) is 1.94. The van der Waals surface area contributed by atoms with Gasteiger partial charge in [-0.05, 0) is 19.9 Å². The van der Waals surface area contributed by atoms with E-state index in [2.05, 4.69) is 15.4 Å². The highest BCUT2D eigenvalue weighted by Crippen LogP contribution is 2.23. The van der Waals surface area contributed by atoms with Gasteiger partial charge in [0.2, 0.25) is 0 Å². The molecule has 0 fully saturated rings. The van der Waals surface area contributed by atoms with Crippen LogP contribution in [-0.2, 0) is 13.6 Å². The van der Waals surface area contributed by atoms with Crippen LogP contribution >= 0.6 is 0 Å². The predicted molar refractivity (Wildman–Crippen MR) is 70.9 cm³/mol. The Morgan fingerprint density at radius 2 is 2.21 bits per heavy atom. The van der Waals surface area contributed by atoms with Crippen LogP contribution in [-0.4, -0.2) is 19.7 Å². The number of aryl methyl sites for hydroxylation is 2. The van der Waals surface area contributed by atoms with Gasteiger partial charge in [0.05, 0.1) is 10.6 Å². The summed E-state index contributed by atoms with van der Waals surface area (Å²) in [7, 11) is 1.88. The van der Waals surface area contributed by atoms with Crippen LogP contribution in [0.2, 0.25) is 0 Å². The van der Waals surface area contributed by atoms with E-state index in [1.165, 1.54) is 12.4 Å². The number of hydrogen-bond donors (Lipinski definition) is 1. The average molecular weight is 261 g/mol. The van der Waals surface area contributed by atoms with E-state index in [4.69, 9.17) is 0 Å². The van der Waals surface area contributed by atoms with Crippen molar-refractivity contribution in [2.45, 2.75) is 20.4 Å². The highest BCUT2D eigenvalue weighted by Gasteiger charge is 2.14. The van der Waals surface area contributed by atoms with Crippen LogP contribution < -0.4 is 5.32 Å². The van der Waals surface area contributed by atoms with E-state index in [0.717, 1.165) is 17.0 Å². The first-order valence-corrected chi connectivity index (χ1v) is 5.82. The van der Waals surface area contributed by atoms with Crippen LogP contribution in [0.5, 0.6) is 0 Å². The highest BCUT2D eigenvalue weighted by atomic mass is 16.6. The number of aromatic nitrogens is 3. The second kappa shape index (κ2) is 5.05. The Kier molecular flexibility index (Phi) is 3.46. The monoisotopic (exact) mass is 261 g/mol. The molecule has 0 aromatic carbocycles. The van der Waals surface area contributed by atoms with Gasteiger partial charge in [-0.2, -0.15) is 5.10 Å². The Hall–Kier alpha value is -2.44. The standard InChI is InChI=1S/C12H15N5O2/c1-8-10(9(2)16(3)15-8)6-14-11-4-5-13-7-12(11)17(18)19/h4-5,7H,6H2,1-3H3,(H,13,14). The Morgan fingerprint density at radius 3 is 2.79 bits per heavy atom. The van der Waals surface area contributed by atoms with Gasteiger partial charge in [-0.3, -0.25) is 19.8 Å². The molecule has 2 heterocycles. The molecule has 0 aliphatic carbocycles. The van der Waals surface area contributed by atoms with E-state index in [9.17, 15) is 10.1 Å². The number of anilines is 1. The van der Waals surface area contributed by atoms with Crippen molar-refractivity contribution in [1.29, 1.82) is 0 Å². The van der Waals surface area contributed by atoms with E-state index >= 15 is 0 Å². The predicted octanol–water partition coefficient (Wildman–Crippen LogP) is 1.95. The molecule has 2 rings (SSSR count). The number of nitrogens with one attached hydrogen (secondary N) is 1. The lowest BCUT2D eigenvalue weighted by Crippen LogP contribution is -2.04. The number of nitro groups is 1. The molecule has 2 aromatic rings. The van der Waals surface area contributed by atoms with Gasteiger partial charge in [0.25, 0.3) is 0 Å². The summed E-state index contributed by atoms with van der Waals surface area (Å²) in [5.41, 5.74) is 3.45. The SMILES string of the molecule is Cc1nn(C)c(C)c1CNc1ccncc1[N+](=O)[O-]. The van der Waals surface area contributed by atoms with Crippen molar-refractivity contribution in [3.05, 3.63) is 45.5 Å². The molecule has 7 nitrogen and oxygen atoms in total. The van der Waals surface area contributed by atoms with E-state index in [-0.39, 0.29) is 5.69 Å². The molecule has 0 bridgehead atoms. The molecule has 2 aromatic heterocycles. The molecule has 19 heavy (non-hydrogen) atoms. The summed E-state index contributed by atoms with van der Waals surface area (Å²) in [6.07, 6.45) is 2.77. The summed E-state index contributed by atoms with van der Waals surface area (Å²) in [5, 5.41) is 18.3. The first-order chi connectivity index (χ1) is 9.00. The lowest BCUT2D eigenvalue weighted by Gasteiger charge is -2.07. The number of pyridine rings is 1. The Bertz CT molecular complexity index is 621. The molecule has 0 radical (unpaired) electrons. The summed E-state index contributed by atoms with van der Waals surface area (Å²) in [4.78, 5) is 14.2. The minimum atomic E-state index is -0.446. The fourth-order valence-corrected chi connectivity index (χ4v) is 1.94. The summed E-state index contributed by atoms with van der Waals surface area (Å²) in [6.45, 7) is 4.39. The van der Waals surface area contributed by atoms with Crippen LogP contribution in [0.3, 0.4) is 0 Å². The summed E-state index contributed by atoms with van der Waals surface area (Å²) in [5.74, 6) is 0. The van der Waals surface area contributed by atoms with Crippen molar-refractivity contribution >= 4 is 11.4 Å². The van der Waals surface area contributed by atoms with Crippen LogP contribution in [0.1, 0.15) is 17.0 Å². The lowest BCUT2D eigenvalue weighted by atomic mass is 10.2. The maximum Gasteiger partial charge on any atom is 0.310 e. The third kappa shape index (κ3) is 2.54. The molecule has 0 amide bonds. The Labute approximate surface area is 110 Å². The van der Waals surface area contributed by atoms with Gasteiger partial charge >= 0.3 is 5.69 Å². The van der Waals surface area contributed by atoms with Gasteiger partial charge in [-0.15, -0.1) is 0 Å². The topological polar surface area (TPSA) is 85.9 Å². The third-order valence-corrected chi connectivity index (χ3v) is 3.11. The second-order valence-corrected chi connectivity index (χ2v) is 4.28. The van der Waals surface area contributed by atoms with Crippen LogP contribution in [0, 0.1) is 24.0 Å². The van der Waals surface area contributed by atoms with Crippen molar-refractivity contribution in [2.75, 3.05) is 5.32 Å². The number of nitrogens with zero attached hydrogens (tertiary/aromatic N) is 4. The Balaban J connectivity index is 2.22. The maximum atomic E-state index is 10.9. The summed E-state index contributed by atoms with van der Waals surface area (Å²) >= 11 is 0. The van der Waals surface area contributed by atoms with Crippen molar-refractivity contribution < 1.29 is 4.92 Å². The highest BCUT2D eigenvalue weighted by molar-refractivity contribution is 5.59. The zero-order chi connectivity index (χ0) is 14.0. The van der Waals surface area contributed by atoms with Crippen molar-refractivity contribution in [3.8, 4) is 0 Å². The second-order valence-electron chi connectivity index (χ2n) is 4.28. The van der Waals surface area contributed by atoms with Crippen LogP contribution in [0.15, 0.2) is 18.5 Å². The first-order valence-electron chi connectivity index (χ1n) is 5.82. The normalized spacial score (nSPS) is 10.5. The van der Waals surface area contributed by atoms with Gasteiger partial charge in [-0.1, -0.05) is 0 Å². The molecule has 0 saturated heterocycles. The van der Waals surface area contributed by atoms with E-state index in [1.54, 1.807) is 10.7 Å². The molecule has 0 spiro atoms. The van der Waals surface area contributed by atoms with Gasteiger partial charge in [0.15, 0.2) is 0 Å².